The number of aromatic nitrogens is 4. The summed E-state index contributed by atoms with van der Waals surface area (Å²) in [4.78, 5) is 25.3. The van der Waals surface area contributed by atoms with Crippen LogP contribution in [0.2, 0.25) is 0 Å². The summed E-state index contributed by atoms with van der Waals surface area (Å²) in [6.07, 6.45) is 5.72. The van der Waals surface area contributed by atoms with Crippen LogP contribution in [0.15, 0.2) is 48.7 Å². The van der Waals surface area contributed by atoms with Crippen LogP contribution in [-0.2, 0) is 0 Å². The zero-order valence-electron chi connectivity index (χ0n) is 21.1. The number of amides is 1. The molecular weight excluding hydrogens is 450 g/mol. The quantitative estimate of drug-likeness (QED) is 0.387. The monoisotopic (exact) mass is 481 g/mol. The molecule has 6 rings (SSSR count). The SMILES string of the molecule is Cc1ccc(OC2CCN(C(=O)c3cc(C4CC4)nc4c3c(C)nn4-c3ccccn3)CC2)cc1C. The second-order valence-corrected chi connectivity index (χ2v) is 10.1. The van der Waals surface area contributed by atoms with Crippen LogP contribution >= 0.6 is 0 Å². The van der Waals surface area contributed by atoms with Crippen molar-refractivity contribution in [3.8, 4) is 11.6 Å². The fourth-order valence-corrected chi connectivity index (χ4v) is 5.03. The van der Waals surface area contributed by atoms with Gasteiger partial charge in [0.2, 0.25) is 0 Å². The van der Waals surface area contributed by atoms with Crippen molar-refractivity contribution >= 4 is 16.9 Å². The van der Waals surface area contributed by atoms with E-state index in [0.717, 1.165) is 48.2 Å². The van der Waals surface area contributed by atoms with Crippen molar-refractivity contribution in [2.24, 2.45) is 0 Å². The van der Waals surface area contributed by atoms with Crippen molar-refractivity contribution in [3.05, 3.63) is 76.7 Å². The minimum absolute atomic E-state index is 0.0533. The molecule has 1 saturated carbocycles. The Morgan fingerprint density at radius 3 is 2.47 bits per heavy atom. The maximum Gasteiger partial charge on any atom is 0.254 e. The van der Waals surface area contributed by atoms with Gasteiger partial charge in [0.05, 0.1) is 16.6 Å². The summed E-state index contributed by atoms with van der Waals surface area (Å²) in [7, 11) is 0. The van der Waals surface area contributed by atoms with E-state index >= 15 is 0 Å². The summed E-state index contributed by atoms with van der Waals surface area (Å²) in [5.74, 6) is 2.09. The van der Waals surface area contributed by atoms with E-state index in [0.29, 0.717) is 36.0 Å². The normalized spacial score (nSPS) is 16.5. The number of nitrogens with zero attached hydrogens (tertiary/aromatic N) is 5. The second kappa shape index (κ2) is 9.04. The second-order valence-electron chi connectivity index (χ2n) is 10.1. The number of likely N-dealkylation sites (tertiary alicyclic amines) is 1. The lowest BCUT2D eigenvalue weighted by Crippen LogP contribution is -2.42. The molecule has 4 aromatic rings. The van der Waals surface area contributed by atoms with Crippen LogP contribution in [0.1, 0.15) is 64.5 Å². The van der Waals surface area contributed by atoms with Crippen molar-refractivity contribution in [2.75, 3.05) is 13.1 Å². The van der Waals surface area contributed by atoms with Gasteiger partial charge in [0.1, 0.15) is 11.9 Å². The van der Waals surface area contributed by atoms with Crippen LogP contribution in [0.4, 0.5) is 0 Å². The number of piperidine rings is 1. The molecule has 2 aliphatic rings. The first-order valence-electron chi connectivity index (χ1n) is 12.8. The molecule has 36 heavy (non-hydrogen) atoms. The largest absolute Gasteiger partial charge is 0.490 e. The first-order chi connectivity index (χ1) is 17.5. The molecule has 3 aromatic heterocycles. The number of rotatable bonds is 5. The molecule has 0 radical (unpaired) electrons. The molecule has 184 valence electrons. The minimum Gasteiger partial charge on any atom is -0.490 e. The van der Waals surface area contributed by atoms with Gasteiger partial charge in [-0.2, -0.15) is 9.78 Å². The molecule has 1 saturated heterocycles. The Bertz CT molecular complexity index is 1430. The standard InChI is InChI=1S/C29H31N5O2/c1-18-7-10-23(16-19(18)2)36-22-11-14-33(15-12-22)29(35)24-17-25(21-8-9-21)31-28-27(24)20(3)32-34(28)26-6-4-5-13-30-26/h4-7,10,13,16-17,21-22H,8-9,11-12,14-15H2,1-3H3. The van der Waals surface area contributed by atoms with Gasteiger partial charge in [-0.3, -0.25) is 4.79 Å². The molecule has 4 heterocycles. The molecule has 7 heteroatoms. The van der Waals surface area contributed by atoms with Gasteiger partial charge in [0.25, 0.3) is 5.91 Å². The van der Waals surface area contributed by atoms with Crippen LogP contribution in [-0.4, -0.2) is 49.7 Å². The summed E-state index contributed by atoms with van der Waals surface area (Å²) in [5, 5.41) is 5.56. The highest BCUT2D eigenvalue weighted by molar-refractivity contribution is 6.06. The predicted molar refractivity (Wildman–Crippen MR) is 139 cm³/mol. The molecule has 0 atom stereocenters. The Balaban J connectivity index is 1.27. The van der Waals surface area contributed by atoms with Crippen LogP contribution in [0.5, 0.6) is 5.75 Å². The maximum atomic E-state index is 13.9. The van der Waals surface area contributed by atoms with Gasteiger partial charge in [-0.05, 0) is 75.1 Å². The lowest BCUT2D eigenvalue weighted by molar-refractivity contribution is 0.0597. The van der Waals surface area contributed by atoms with Crippen LogP contribution in [0, 0.1) is 20.8 Å². The molecular formula is C29H31N5O2. The number of ether oxygens (including phenoxy) is 1. The molecule has 2 fully saturated rings. The van der Waals surface area contributed by atoms with E-state index in [1.54, 1.807) is 10.9 Å². The van der Waals surface area contributed by atoms with Gasteiger partial charge in [-0.1, -0.05) is 12.1 Å². The van der Waals surface area contributed by atoms with E-state index in [2.05, 4.69) is 31.0 Å². The molecule has 7 nitrogen and oxygen atoms in total. The first-order valence-corrected chi connectivity index (χ1v) is 12.8. The molecule has 0 bridgehead atoms. The molecule has 1 aliphatic heterocycles. The number of carbonyl (C=O) groups excluding carboxylic acids is 1. The highest BCUT2D eigenvalue weighted by Gasteiger charge is 2.31. The number of carbonyl (C=O) groups is 1. The van der Waals surface area contributed by atoms with E-state index < -0.39 is 0 Å². The predicted octanol–water partition coefficient (Wildman–Crippen LogP) is 5.30. The molecule has 0 unspecified atom stereocenters. The number of aryl methyl sites for hydroxylation is 3. The van der Waals surface area contributed by atoms with Gasteiger partial charge in [-0.15, -0.1) is 0 Å². The van der Waals surface area contributed by atoms with Crippen LogP contribution < -0.4 is 4.74 Å². The van der Waals surface area contributed by atoms with E-state index in [-0.39, 0.29) is 12.0 Å². The average molecular weight is 482 g/mol. The Kier molecular flexibility index (Phi) is 5.70. The van der Waals surface area contributed by atoms with Gasteiger partial charge in [0, 0.05) is 43.7 Å². The first kappa shape index (κ1) is 22.7. The Labute approximate surface area is 211 Å². The number of hydrogen-bond donors (Lipinski definition) is 0. The highest BCUT2D eigenvalue weighted by Crippen LogP contribution is 2.41. The third kappa shape index (κ3) is 4.23. The Morgan fingerprint density at radius 1 is 0.972 bits per heavy atom. The molecule has 1 aliphatic carbocycles. The van der Waals surface area contributed by atoms with Crippen molar-refractivity contribution in [2.45, 2.75) is 58.5 Å². The highest BCUT2D eigenvalue weighted by atomic mass is 16.5. The van der Waals surface area contributed by atoms with E-state index in [1.807, 2.05) is 42.2 Å². The zero-order chi connectivity index (χ0) is 24.8. The van der Waals surface area contributed by atoms with E-state index in [1.165, 1.54) is 11.1 Å². The van der Waals surface area contributed by atoms with E-state index in [4.69, 9.17) is 14.8 Å². The summed E-state index contributed by atoms with van der Waals surface area (Å²) in [6.45, 7) is 7.50. The van der Waals surface area contributed by atoms with Crippen molar-refractivity contribution < 1.29 is 9.53 Å². The lowest BCUT2D eigenvalue weighted by atomic mass is 10.0. The van der Waals surface area contributed by atoms with Crippen molar-refractivity contribution in [1.82, 2.24) is 24.6 Å². The van der Waals surface area contributed by atoms with Gasteiger partial charge < -0.3 is 9.64 Å². The third-order valence-electron chi connectivity index (χ3n) is 7.44. The molecule has 1 aromatic carbocycles. The number of hydrogen-bond acceptors (Lipinski definition) is 5. The average Bonchev–Trinajstić information content (AvgIpc) is 3.70. The Hall–Kier alpha value is -3.74. The van der Waals surface area contributed by atoms with Crippen LogP contribution in [0.25, 0.3) is 16.9 Å². The zero-order valence-corrected chi connectivity index (χ0v) is 21.1. The maximum absolute atomic E-state index is 13.9. The summed E-state index contributed by atoms with van der Waals surface area (Å²) < 4.78 is 8.03. The summed E-state index contributed by atoms with van der Waals surface area (Å²) in [6, 6.07) is 14.0. The van der Waals surface area contributed by atoms with E-state index in [9.17, 15) is 4.79 Å². The topological polar surface area (TPSA) is 73.1 Å². The Morgan fingerprint density at radius 2 is 1.78 bits per heavy atom. The number of pyridine rings is 2. The van der Waals surface area contributed by atoms with Crippen molar-refractivity contribution in [3.63, 3.8) is 0 Å². The summed E-state index contributed by atoms with van der Waals surface area (Å²) in [5.41, 5.74) is 5.69. The number of benzene rings is 1. The molecule has 0 spiro atoms. The smallest absolute Gasteiger partial charge is 0.254 e. The van der Waals surface area contributed by atoms with Gasteiger partial charge in [-0.25, -0.2) is 9.97 Å². The summed E-state index contributed by atoms with van der Waals surface area (Å²) >= 11 is 0. The van der Waals surface area contributed by atoms with Gasteiger partial charge >= 0.3 is 0 Å². The lowest BCUT2D eigenvalue weighted by Gasteiger charge is -2.32. The third-order valence-corrected chi connectivity index (χ3v) is 7.44. The molecule has 0 N–H and O–H groups in total. The fourth-order valence-electron chi connectivity index (χ4n) is 5.03. The fraction of sp³-hybridized carbons (Fsp3) is 0.379. The van der Waals surface area contributed by atoms with Crippen molar-refractivity contribution in [1.29, 1.82) is 0 Å². The van der Waals surface area contributed by atoms with Gasteiger partial charge in [0.15, 0.2) is 11.5 Å². The number of fused-ring (bicyclic) bond motifs is 1. The van der Waals surface area contributed by atoms with Crippen LogP contribution in [0.3, 0.4) is 0 Å². The molecule has 1 amide bonds. The minimum atomic E-state index is 0.0533.